The van der Waals surface area contributed by atoms with Crippen LogP contribution in [-0.4, -0.2) is 82.2 Å². The highest BCUT2D eigenvalue weighted by Gasteiger charge is 2.47. The first-order valence-corrected chi connectivity index (χ1v) is 14.3. The van der Waals surface area contributed by atoms with Crippen LogP contribution in [0.1, 0.15) is 80.6 Å². The third-order valence-corrected chi connectivity index (χ3v) is 8.11. The topological polar surface area (TPSA) is 135 Å². The molecule has 228 valence electrons. The van der Waals surface area contributed by atoms with E-state index in [-0.39, 0.29) is 36.9 Å². The molecule has 0 bridgehead atoms. The number of hydrogen-bond acceptors (Lipinski definition) is 9. The summed E-state index contributed by atoms with van der Waals surface area (Å²) in [5.41, 5.74) is -1.28. The van der Waals surface area contributed by atoms with Gasteiger partial charge in [-0.1, -0.05) is 45.1 Å². The molecule has 40 heavy (non-hydrogen) atoms. The predicted molar refractivity (Wildman–Crippen MR) is 151 cm³/mol. The number of methoxy groups -OCH3 is 1. The van der Waals surface area contributed by atoms with Crippen LogP contribution in [-0.2, 0) is 28.5 Å². The molecule has 0 radical (unpaired) electrons. The molecule has 10 unspecified atom stereocenters. The maximum Gasteiger partial charge on any atom is 0.309 e. The van der Waals surface area contributed by atoms with Crippen molar-refractivity contribution in [1.29, 1.82) is 0 Å². The maximum atomic E-state index is 12.7. The second-order valence-electron chi connectivity index (χ2n) is 11.9. The van der Waals surface area contributed by atoms with E-state index in [0.29, 0.717) is 19.3 Å². The van der Waals surface area contributed by atoms with E-state index in [4.69, 9.17) is 18.9 Å². The highest BCUT2D eigenvalue weighted by atomic mass is 16.6. The Bertz CT molecular complexity index is 939. The monoisotopic (exact) mass is 566 g/mol. The summed E-state index contributed by atoms with van der Waals surface area (Å²) in [6.07, 6.45) is 7.40. The average Bonchev–Trinajstić information content (AvgIpc) is 3.64. The molecule has 9 heteroatoms. The number of ether oxygens (including phenoxy) is 4. The summed E-state index contributed by atoms with van der Waals surface area (Å²) in [6.45, 7) is 12.5. The first-order chi connectivity index (χ1) is 18.6. The fraction of sp³-hybridized carbons (Fsp3) is 0.742. The lowest BCUT2D eigenvalue weighted by Crippen LogP contribution is -2.44. The van der Waals surface area contributed by atoms with E-state index in [2.05, 4.69) is 0 Å². The van der Waals surface area contributed by atoms with Crippen LogP contribution in [0.2, 0.25) is 0 Å². The molecule has 0 aromatic heterocycles. The molecule has 3 N–H and O–H groups in total. The first-order valence-electron chi connectivity index (χ1n) is 14.3. The van der Waals surface area contributed by atoms with Crippen molar-refractivity contribution >= 4 is 11.9 Å². The van der Waals surface area contributed by atoms with Crippen LogP contribution in [0.5, 0.6) is 0 Å². The van der Waals surface area contributed by atoms with E-state index in [1.54, 1.807) is 31.2 Å². The van der Waals surface area contributed by atoms with Crippen LogP contribution < -0.4 is 0 Å². The zero-order valence-electron chi connectivity index (χ0n) is 25.3. The predicted octanol–water partition coefficient (Wildman–Crippen LogP) is 3.79. The molecule has 10 atom stereocenters. The van der Waals surface area contributed by atoms with Gasteiger partial charge in [0.1, 0.15) is 17.8 Å². The minimum atomic E-state index is -1.13. The van der Waals surface area contributed by atoms with E-state index in [0.717, 1.165) is 5.57 Å². The van der Waals surface area contributed by atoms with Gasteiger partial charge in [0, 0.05) is 32.3 Å². The fourth-order valence-electron chi connectivity index (χ4n) is 5.19. The van der Waals surface area contributed by atoms with Crippen molar-refractivity contribution in [2.24, 2.45) is 11.8 Å². The number of cyclic esters (lactones) is 1. The third-order valence-electron chi connectivity index (χ3n) is 8.11. The smallest absolute Gasteiger partial charge is 0.309 e. The van der Waals surface area contributed by atoms with Gasteiger partial charge in [0.05, 0.1) is 36.4 Å². The molecule has 9 nitrogen and oxygen atoms in total. The average molecular weight is 567 g/mol. The van der Waals surface area contributed by atoms with E-state index in [9.17, 15) is 24.9 Å². The summed E-state index contributed by atoms with van der Waals surface area (Å²) < 4.78 is 22.8. The Labute approximate surface area is 239 Å². The van der Waals surface area contributed by atoms with Crippen LogP contribution in [0, 0.1) is 11.8 Å². The second kappa shape index (κ2) is 14.7. The summed E-state index contributed by atoms with van der Waals surface area (Å²) >= 11 is 0. The Hall–Kier alpha value is -2.04. The van der Waals surface area contributed by atoms with Crippen molar-refractivity contribution in [3.63, 3.8) is 0 Å². The zero-order chi connectivity index (χ0) is 30.3. The number of aliphatic hydroxyl groups is 3. The minimum absolute atomic E-state index is 0.00274. The van der Waals surface area contributed by atoms with E-state index < -0.39 is 47.6 Å². The number of esters is 2. The van der Waals surface area contributed by atoms with E-state index >= 15 is 0 Å². The largest absolute Gasteiger partial charge is 0.457 e. The van der Waals surface area contributed by atoms with Crippen LogP contribution in [0.25, 0.3) is 0 Å². The molecular formula is C31H50O9. The van der Waals surface area contributed by atoms with Gasteiger partial charge in [0.15, 0.2) is 0 Å². The number of aliphatic hydroxyl groups excluding tert-OH is 2. The highest BCUT2D eigenvalue weighted by molar-refractivity contribution is 5.70. The van der Waals surface area contributed by atoms with Gasteiger partial charge in [-0.3, -0.25) is 9.59 Å². The number of hydrogen-bond donors (Lipinski definition) is 3. The van der Waals surface area contributed by atoms with Crippen LogP contribution in [0.4, 0.5) is 0 Å². The summed E-state index contributed by atoms with van der Waals surface area (Å²) in [5.74, 6) is -1.26. The molecule has 2 rings (SSSR count). The molecule has 0 aromatic carbocycles. The normalized spacial score (nSPS) is 36.0. The minimum Gasteiger partial charge on any atom is -0.457 e. The molecular weight excluding hydrogens is 516 g/mol. The van der Waals surface area contributed by atoms with Crippen molar-refractivity contribution in [3.8, 4) is 0 Å². The lowest BCUT2D eigenvalue weighted by atomic mass is 9.88. The van der Waals surface area contributed by atoms with Gasteiger partial charge >= 0.3 is 11.9 Å². The quantitative estimate of drug-likeness (QED) is 0.156. The molecule has 2 aliphatic rings. The van der Waals surface area contributed by atoms with Crippen molar-refractivity contribution in [3.05, 3.63) is 36.0 Å². The van der Waals surface area contributed by atoms with Gasteiger partial charge in [0.2, 0.25) is 0 Å². The molecule has 2 heterocycles. The van der Waals surface area contributed by atoms with Crippen LogP contribution in [0.15, 0.2) is 36.0 Å². The number of epoxide rings is 1. The van der Waals surface area contributed by atoms with Crippen LogP contribution in [0.3, 0.4) is 0 Å². The maximum absolute atomic E-state index is 12.7. The van der Waals surface area contributed by atoms with E-state index in [1.165, 1.54) is 14.0 Å². The Morgan fingerprint density at radius 1 is 1.32 bits per heavy atom. The van der Waals surface area contributed by atoms with Gasteiger partial charge in [-0.25, -0.2) is 0 Å². The number of rotatable bonds is 10. The summed E-state index contributed by atoms with van der Waals surface area (Å²) in [6, 6.07) is 0. The zero-order valence-corrected chi connectivity index (χ0v) is 25.3. The van der Waals surface area contributed by atoms with Gasteiger partial charge in [-0.2, -0.15) is 0 Å². The third kappa shape index (κ3) is 10.1. The molecule has 0 spiro atoms. The van der Waals surface area contributed by atoms with Gasteiger partial charge in [-0.15, -0.1) is 0 Å². The lowest BCUT2D eigenvalue weighted by Gasteiger charge is -2.35. The molecule has 0 aliphatic carbocycles. The SMILES string of the molecule is CCC(O)C(C)C1OC1CC(C)(O)/C=C/C=C(\C)C1OC(=O)CC(O)CCC(C)(OC)C(OC(C)=O)/C=C\C1C. The lowest BCUT2D eigenvalue weighted by molar-refractivity contribution is -0.160. The number of allylic oxidation sites excluding steroid dienone is 2. The summed E-state index contributed by atoms with van der Waals surface area (Å²) in [4.78, 5) is 24.5. The van der Waals surface area contributed by atoms with E-state index in [1.807, 2.05) is 40.7 Å². The van der Waals surface area contributed by atoms with Gasteiger partial charge < -0.3 is 34.3 Å². The summed E-state index contributed by atoms with van der Waals surface area (Å²) in [7, 11) is 1.53. The van der Waals surface area contributed by atoms with Gasteiger partial charge in [0.25, 0.3) is 0 Å². The molecule has 0 saturated carbocycles. The summed E-state index contributed by atoms with van der Waals surface area (Å²) in [5, 5.41) is 31.5. The molecule has 1 saturated heterocycles. The highest BCUT2D eigenvalue weighted by Crippen LogP contribution is 2.37. The second-order valence-corrected chi connectivity index (χ2v) is 11.9. The standard InChI is InChI=1S/C31H50O9/c1-9-24(34)21(4)29-25(39-29)18-30(6,36)15-10-11-19(2)28-20(3)12-13-26(38-22(5)32)31(7,37-8)16-14-23(33)17-27(35)40-28/h10-13,15,20-21,23-26,28-29,33-34,36H,9,14,16-18H2,1-8H3/b13-12-,15-10+,19-11+. The Kier molecular flexibility index (Phi) is 12.6. The first kappa shape index (κ1) is 34.2. The van der Waals surface area contributed by atoms with Crippen molar-refractivity contribution in [2.45, 2.75) is 128 Å². The van der Waals surface area contributed by atoms with Crippen LogP contribution >= 0.6 is 0 Å². The van der Waals surface area contributed by atoms with Crippen molar-refractivity contribution in [1.82, 2.24) is 0 Å². The molecule has 1 fully saturated rings. The van der Waals surface area contributed by atoms with Gasteiger partial charge in [-0.05, 0) is 51.7 Å². The molecule has 2 aliphatic heterocycles. The van der Waals surface area contributed by atoms with Crippen molar-refractivity contribution < 1.29 is 43.9 Å². The molecule has 0 amide bonds. The Balaban J connectivity index is 2.21. The number of carbonyl (C=O) groups is 2. The van der Waals surface area contributed by atoms with Crippen molar-refractivity contribution in [2.75, 3.05) is 7.11 Å². The Morgan fingerprint density at radius 2 is 2.00 bits per heavy atom. The molecule has 0 aromatic rings. The number of carbonyl (C=O) groups excluding carboxylic acids is 2. The fourth-order valence-corrected chi connectivity index (χ4v) is 5.19. The Morgan fingerprint density at radius 3 is 2.60 bits per heavy atom.